The summed E-state index contributed by atoms with van der Waals surface area (Å²) in [5.41, 5.74) is 0.996. The number of nitrogens with two attached hydrogens (primary N) is 1. The van der Waals surface area contributed by atoms with Gasteiger partial charge in [0.05, 0.1) is 16.3 Å². The predicted molar refractivity (Wildman–Crippen MR) is 90.1 cm³/mol. The maximum Gasteiger partial charge on any atom is 0.435 e. The molecular formula is C17H14F3N3O2S. The van der Waals surface area contributed by atoms with Crippen LogP contribution in [0.15, 0.2) is 59.5 Å². The molecule has 3 aromatic rings. The van der Waals surface area contributed by atoms with Crippen molar-refractivity contribution in [1.29, 1.82) is 0 Å². The van der Waals surface area contributed by atoms with Gasteiger partial charge in [0.25, 0.3) is 0 Å². The van der Waals surface area contributed by atoms with Crippen LogP contribution >= 0.6 is 0 Å². The molecule has 0 atom stereocenters. The highest BCUT2D eigenvalue weighted by Gasteiger charge is 2.35. The van der Waals surface area contributed by atoms with E-state index in [0.717, 1.165) is 16.3 Å². The predicted octanol–water partition coefficient (Wildman–Crippen LogP) is 3.51. The van der Waals surface area contributed by atoms with Gasteiger partial charge in [-0.15, -0.1) is 0 Å². The summed E-state index contributed by atoms with van der Waals surface area (Å²) in [4.78, 5) is -0.138. The Bertz CT molecular complexity index is 1040. The summed E-state index contributed by atoms with van der Waals surface area (Å²) in [6, 6.07) is 13.1. The highest BCUT2D eigenvalue weighted by atomic mass is 32.2. The molecule has 5 nitrogen and oxygen atoms in total. The minimum atomic E-state index is -4.61. The normalized spacial score (nSPS) is 12.3. The second-order valence-corrected chi connectivity index (χ2v) is 7.29. The van der Waals surface area contributed by atoms with Gasteiger partial charge in [0.2, 0.25) is 10.0 Å². The smallest absolute Gasteiger partial charge is 0.233 e. The molecule has 9 heteroatoms. The van der Waals surface area contributed by atoms with Crippen LogP contribution in [0.4, 0.5) is 13.2 Å². The Morgan fingerprint density at radius 3 is 2.08 bits per heavy atom. The highest BCUT2D eigenvalue weighted by Crippen LogP contribution is 2.33. The number of hydrogen-bond acceptors (Lipinski definition) is 3. The molecule has 1 heterocycles. The lowest BCUT2D eigenvalue weighted by Crippen LogP contribution is -2.12. The molecule has 0 bridgehead atoms. The van der Waals surface area contributed by atoms with Crippen LogP contribution in [0.1, 0.15) is 11.3 Å². The minimum absolute atomic E-state index is 0.138. The summed E-state index contributed by atoms with van der Waals surface area (Å²) in [7, 11) is -3.90. The molecule has 26 heavy (non-hydrogen) atoms. The van der Waals surface area contributed by atoms with Crippen molar-refractivity contribution in [1.82, 2.24) is 9.78 Å². The summed E-state index contributed by atoms with van der Waals surface area (Å²) < 4.78 is 63.2. The van der Waals surface area contributed by atoms with E-state index in [-0.39, 0.29) is 16.3 Å². The van der Waals surface area contributed by atoms with E-state index < -0.39 is 21.9 Å². The van der Waals surface area contributed by atoms with Crippen LogP contribution in [0, 0.1) is 6.92 Å². The van der Waals surface area contributed by atoms with Crippen LogP contribution in [-0.2, 0) is 16.2 Å². The van der Waals surface area contributed by atoms with E-state index in [1.54, 1.807) is 24.3 Å². The Hall–Kier alpha value is -2.65. The molecule has 0 aliphatic heterocycles. The second-order valence-electron chi connectivity index (χ2n) is 5.73. The lowest BCUT2D eigenvalue weighted by atomic mass is 10.1. The van der Waals surface area contributed by atoms with Gasteiger partial charge in [-0.05, 0) is 37.3 Å². The molecular weight excluding hydrogens is 366 g/mol. The fourth-order valence-corrected chi connectivity index (χ4v) is 2.94. The van der Waals surface area contributed by atoms with Gasteiger partial charge in [0.15, 0.2) is 5.69 Å². The molecule has 0 aliphatic carbocycles. The van der Waals surface area contributed by atoms with Crippen molar-refractivity contribution in [3.63, 3.8) is 0 Å². The Labute approximate surface area is 147 Å². The number of halogens is 3. The first-order chi connectivity index (χ1) is 12.1. The van der Waals surface area contributed by atoms with Crippen molar-refractivity contribution in [2.24, 2.45) is 5.14 Å². The van der Waals surface area contributed by atoms with E-state index in [2.05, 4.69) is 5.10 Å². The van der Waals surface area contributed by atoms with Gasteiger partial charge in [-0.3, -0.25) is 0 Å². The van der Waals surface area contributed by atoms with Gasteiger partial charge in [-0.2, -0.15) is 18.3 Å². The Kier molecular flexibility index (Phi) is 4.37. The third-order valence-electron chi connectivity index (χ3n) is 3.76. The molecule has 0 saturated heterocycles. The Morgan fingerprint density at radius 1 is 1.00 bits per heavy atom. The van der Waals surface area contributed by atoms with Crippen molar-refractivity contribution in [2.45, 2.75) is 18.0 Å². The van der Waals surface area contributed by atoms with Crippen molar-refractivity contribution < 1.29 is 21.6 Å². The first-order valence-electron chi connectivity index (χ1n) is 7.43. The van der Waals surface area contributed by atoms with Gasteiger partial charge < -0.3 is 0 Å². The van der Waals surface area contributed by atoms with Crippen LogP contribution in [0.25, 0.3) is 16.9 Å². The van der Waals surface area contributed by atoms with Crippen molar-refractivity contribution in [3.8, 4) is 16.9 Å². The zero-order chi connectivity index (χ0) is 19.1. The molecule has 2 aromatic carbocycles. The lowest BCUT2D eigenvalue weighted by Gasteiger charge is -2.09. The van der Waals surface area contributed by atoms with Crippen LogP contribution < -0.4 is 5.14 Å². The Morgan fingerprint density at radius 2 is 1.58 bits per heavy atom. The maximum atomic E-state index is 13.1. The number of benzene rings is 2. The molecule has 3 rings (SSSR count). The summed E-state index contributed by atoms with van der Waals surface area (Å²) in [6.45, 7) is 1.87. The standard InChI is InChI=1S/C17H14F3N3O2S/c1-11-2-4-12(5-3-11)15-10-16(17(18,19)20)22-23(15)13-6-8-14(9-7-13)26(21,24)25/h2-10H,1H3,(H2,21,24,25)/i18-1. The van der Waals surface area contributed by atoms with Crippen LogP contribution in [0.3, 0.4) is 0 Å². The first-order valence-corrected chi connectivity index (χ1v) is 8.98. The third-order valence-corrected chi connectivity index (χ3v) is 4.69. The average molecular weight is 380 g/mol. The number of aryl methyl sites for hydroxylation is 1. The second kappa shape index (κ2) is 6.26. The van der Waals surface area contributed by atoms with E-state index in [4.69, 9.17) is 5.14 Å². The van der Waals surface area contributed by atoms with Gasteiger partial charge in [0, 0.05) is 5.56 Å². The number of sulfonamides is 1. The van der Waals surface area contributed by atoms with E-state index in [0.29, 0.717) is 5.56 Å². The van der Waals surface area contributed by atoms with Crippen molar-refractivity contribution in [2.75, 3.05) is 0 Å². The van der Waals surface area contributed by atoms with Gasteiger partial charge in [-0.1, -0.05) is 29.8 Å². The van der Waals surface area contributed by atoms with Gasteiger partial charge in [0.1, 0.15) is 0 Å². The molecule has 0 saturated carbocycles. The topological polar surface area (TPSA) is 78.0 Å². The molecule has 0 amide bonds. The largest absolute Gasteiger partial charge is 0.435 e. The van der Waals surface area contributed by atoms with Gasteiger partial charge in [-0.25, -0.2) is 18.2 Å². The highest BCUT2D eigenvalue weighted by molar-refractivity contribution is 7.89. The summed E-state index contributed by atoms with van der Waals surface area (Å²) in [6.07, 6.45) is -4.61. The number of alkyl halides is 3. The molecule has 2 N–H and O–H groups in total. The minimum Gasteiger partial charge on any atom is -0.233 e. The maximum absolute atomic E-state index is 13.1. The van der Waals surface area contributed by atoms with E-state index >= 15 is 0 Å². The number of hydrogen-bond donors (Lipinski definition) is 1. The summed E-state index contributed by atoms with van der Waals surface area (Å²) >= 11 is 0. The number of nitrogens with zero attached hydrogens (tertiary/aromatic N) is 2. The molecule has 136 valence electrons. The molecule has 0 unspecified atom stereocenters. The summed E-state index contributed by atoms with van der Waals surface area (Å²) in [5.74, 6) is 0. The van der Waals surface area contributed by atoms with Crippen molar-refractivity contribution >= 4 is 10.0 Å². The lowest BCUT2D eigenvalue weighted by molar-refractivity contribution is -0.141. The molecule has 1 aromatic heterocycles. The number of primary sulfonamides is 1. The fraction of sp³-hybridized carbons (Fsp3) is 0.118. The van der Waals surface area contributed by atoms with Crippen LogP contribution in [-0.4, -0.2) is 18.2 Å². The van der Waals surface area contributed by atoms with E-state index in [1.165, 1.54) is 24.3 Å². The van der Waals surface area contributed by atoms with Crippen molar-refractivity contribution in [3.05, 3.63) is 65.9 Å². The number of rotatable bonds is 3. The quantitative estimate of drug-likeness (QED) is 0.755. The summed E-state index contributed by atoms with van der Waals surface area (Å²) in [5, 5.41) is 8.70. The van der Waals surface area contributed by atoms with E-state index in [1.807, 2.05) is 6.92 Å². The molecule has 0 fully saturated rings. The molecule has 0 radical (unpaired) electrons. The SMILES string of the molecule is Cc1ccc(-c2cc(C(F)(F)[18F])nn2-c2ccc(S(N)(=O)=O)cc2)cc1. The zero-order valence-electron chi connectivity index (χ0n) is 13.5. The fourth-order valence-electron chi connectivity index (χ4n) is 2.42. The van der Waals surface area contributed by atoms with Crippen LogP contribution in [0.5, 0.6) is 0 Å². The monoisotopic (exact) mass is 380 g/mol. The molecule has 0 aliphatic rings. The average Bonchev–Trinajstić information content (AvgIpc) is 3.00. The van der Waals surface area contributed by atoms with Crippen LogP contribution in [0.2, 0.25) is 0 Å². The zero-order valence-corrected chi connectivity index (χ0v) is 14.3. The Balaban J connectivity index is 2.16. The van der Waals surface area contributed by atoms with E-state index in [9.17, 15) is 21.6 Å². The number of aromatic nitrogens is 2. The molecule has 0 spiro atoms. The third kappa shape index (κ3) is 3.63. The van der Waals surface area contributed by atoms with Gasteiger partial charge >= 0.3 is 6.18 Å². The first kappa shape index (κ1) is 18.2.